The zero-order valence-electron chi connectivity index (χ0n) is 11.1. The van der Waals surface area contributed by atoms with Gasteiger partial charge in [-0.15, -0.1) is 5.10 Å². The normalized spacial score (nSPS) is 12.8. The summed E-state index contributed by atoms with van der Waals surface area (Å²) >= 11 is 0.721. The number of tetrazole rings is 1. The summed E-state index contributed by atoms with van der Waals surface area (Å²) in [6.07, 6.45) is -4.48. The van der Waals surface area contributed by atoms with Crippen molar-refractivity contribution < 1.29 is 22.8 Å². The van der Waals surface area contributed by atoms with Crippen LogP contribution in [0.4, 0.5) is 18.0 Å². The van der Waals surface area contributed by atoms with Gasteiger partial charge in [-0.25, -0.2) is 9.48 Å². The van der Waals surface area contributed by atoms with Crippen LogP contribution in [0.1, 0.15) is 13.8 Å². The molecule has 0 aliphatic rings. The molecule has 0 aliphatic heterocycles. The van der Waals surface area contributed by atoms with E-state index in [0.717, 1.165) is 11.8 Å². The predicted molar refractivity (Wildman–Crippen MR) is 66.4 cm³/mol. The van der Waals surface area contributed by atoms with Crippen molar-refractivity contribution in [2.24, 2.45) is 0 Å². The zero-order chi connectivity index (χ0) is 16.0. The van der Waals surface area contributed by atoms with Gasteiger partial charge in [0.05, 0.1) is 5.25 Å². The molecule has 0 saturated heterocycles. The molecule has 1 rings (SSSR count). The summed E-state index contributed by atoms with van der Waals surface area (Å²) in [6.45, 7) is 2.08. The first kappa shape index (κ1) is 17.2. The maximum absolute atomic E-state index is 12.3. The molecule has 0 bridgehead atoms. The Kier molecular flexibility index (Phi) is 5.93. The van der Waals surface area contributed by atoms with Crippen LogP contribution in [0.2, 0.25) is 0 Å². The highest BCUT2D eigenvalue weighted by molar-refractivity contribution is 8.00. The van der Waals surface area contributed by atoms with E-state index in [-0.39, 0.29) is 5.16 Å². The molecule has 0 aliphatic carbocycles. The van der Waals surface area contributed by atoms with Crippen LogP contribution in [0.15, 0.2) is 5.16 Å². The zero-order valence-corrected chi connectivity index (χ0v) is 12.0. The third-order valence-corrected chi connectivity index (χ3v) is 3.12. The lowest BCUT2D eigenvalue weighted by molar-refractivity contribution is -0.144. The van der Waals surface area contributed by atoms with Gasteiger partial charge < -0.3 is 5.32 Å². The number of urea groups is 1. The summed E-state index contributed by atoms with van der Waals surface area (Å²) in [5, 5.41) is 13.2. The molecule has 21 heavy (non-hydrogen) atoms. The molecule has 0 radical (unpaired) electrons. The minimum atomic E-state index is -4.48. The molecule has 0 saturated carbocycles. The third-order valence-electron chi connectivity index (χ3n) is 2.05. The topological polar surface area (TPSA) is 102 Å². The van der Waals surface area contributed by atoms with Crippen LogP contribution in [0.5, 0.6) is 0 Å². The quantitative estimate of drug-likeness (QED) is 0.767. The Morgan fingerprint density at radius 2 is 2.10 bits per heavy atom. The lowest BCUT2D eigenvalue weighted by atomic mass is 10.4. The molecule has 1 heterocycles. The summed E-state index contributed by atoms with van der Waals surface area (Å²) < 4.78 is 37.4. The number of thioether (sulfide) groups is 1. The summed E-state index contributed by atoms with van der Waals surface area (Å²) in [4.78, 5) is 22.8. The summed E-state index contributed by atoms with van der Waals surface area (Å²) in [6, 6.07) is -0.676. The fourth-order valence-electron chi connectivity index (χ4n) is 1.18. The van der Waals surface area contributed by atoms with Gasteiger partial charge in [-0.05, 0) is 24.3 Å². The van der Waals surface area contributed by atoms with Crippen molar-refractivity contribution in [1.29, 1.82) is 0 Å². The fraction of sp³-hybridized carbons (Fsp3) is 0.667. The first-order valence-corrected chi connectivity index (χ1v) is 6.69. The van der Waals surface area contributed by atoms with E-state index < -0.39 is 29.9 Å². The number of halogens is 3. The van der Waals surface area contributed by atoms with Crippen LogP contribution in [0.3, 0.4) is 0 Å². The third kappa shape index (κ3) is 5.97. The van der Waals surface area contributed by atoms with Crippen LogP contribution in [-0.4, -0.2) is 50.1 Å². The second-order valence-electron chi connectivity index (χ2n) is 3.84. The van der Waals surface area contributed by atoms with Crippen molar-refractivity contribution in [3.8, 4) is 0 Å². The van der Waals surface area contributed by atoms with Crippen molar-refractivity contribution in [3.05, 3.63) is 0 Å². The second kappa shape index (κ2) is 7.24. The number of alkyl halides is 3. The summed E-state index contributed by atoms with van der Waals surface area (Å²) in [5.74, 6) is -0.660. The van der Waals surface area contributed by atoms with Gasteiger partial charge in [0, 0.05) is 6.54 Å². The van der Waals surface area contributed by atoms with Gasteiger partial charge >= 0.3 is 12.2 Å². The van der Waals surface area contributed by atoms with Gasteiger partial charge in [-0.2, -0.15) is 13.2 Å². The largest absolute Gasteiger partial charge is 0.408 e. The highest BCUT2D eigenvalue weighted by Gasteiger charge is 2.31. The molecule has 2 N–H and O–H groups in total. The van der Waals surface area contributed by atoms with E-state index in [0.29, 0.717) is 11.2 Å². The number of aromatic nitrogens is 4. The van der Waals surface area contributed by atoms with Crippen LogP contribution >= 0.6 is 11.8 Å². The number of nitrogens with zero attached hydrogens (tertiary/aromatic N) is 4. The van der Waals surface area contributed by atoms with Crippen molar-refractivity contribution in [1.82, 2.24) is 30.8 Å². The maximum atomic E-state index is 12.3. The number of amides is 3. The number of carbonyl (C=O) groups excluding carboxylic acids is 2. The van der Waals surface area contributed by atoms with Crippen LogP contribution in [-0.2, 0) is 11.3 Å². The molecule has 0 aromatic carbocycles. The number of rotatable bonds is 5. The molecule has 1 aromatic heterocycles. The number of carbonyl (C=O) groups is 2. The highest BCUT2D eigenvalue weighted by atomic mass is 32.2. The van der Waals surface area contributed by atoms with E-state index in [2.05, 4.69) is 26.2 Å². The van der Waals surface area contributed by atoms with Gasteiger partial charge in [0.2, 0.25) is 11.1 Å². The number of hydrogen-bond donors (Lipinski definition) is 2. The minimum absolute atomic E-state index is 0.161. The van der Waals surface area contributed by atoms with Gasteiger partial charge in [0.1, 0.15) is 6.54 Å². The van der Waals surface area contributed by atoms with Crippen molar-refractivity contribution in [3.63, 3.8) is 0 Å². The Morgan fingerprint density at radius 1 is 1.43 bits per heavy atom. The van der Waals surface area contributed by atoms with Crippen molar-refractivity contribution in [2.75, 3.05) is 6.54 Å². The van der Waals surface area contributed by atoms with E-state index in [1.165, 1.54) is 6.92 Å². The van der Waals surface area contributed by atoms with Crippen molar-refractivity contribution in [2.45, 2.75) is 37.0 Å². The molecule has 8 nitrogen and oxygen atoms in total. The minimum Gasteiger partial charge on any atom is -0.338 e. The van der Waals surface area contributed by atoms with Crippen LogP contribution < -0.4 is 10.6 Å². The van der Waals surface area contributed by atoms with Gasteiger partial charge in [-0.3, -0.25) is 10.1 Å². The van der Waals surface area contributed by atoms with Gasteiger partial charge in [-0.1, -0.05) is 11.8 Å². The molecule has 0 fully saturated rings. The Labute approximate surface area is 121 Å². The molecule has 118 valence electrons. The van der Waals surface area contributed by atoms with Gasteiger partial charge in [0.15, 0.2) is 0 Å². The molecule has 0 spiro atoms. The highest BCUT2D eigenvalue weighted by Crippen LogP contribution is 2.23. The van der Waals surface area contributed by atoms with E-state index in [1.807, 2.05) is 0 Å². The Bertz CT molecular complexity index is 506. The number of imide groups is 1. The van der Waals surface area contributed by atoms with Gasteiger partial charge in [0.25, 0.3) is 0 Å². The summed E-state index contributed by atoms with van der Waals surface area (Å²) in [7, 11) is 0. The molecule has 1 atom stereocenters. The Morgan fingerprint density at radius 3 is 2.67 bits per heavy atom. The molecule has 1 aromatic rings. The van der Waals surface area contributed by atoms with E-state index in [1.54, 1.807) is 6.92 Å². The van der Waals surface area contributed by atoms with E-state index in [4.69, 9.17) is 0 Å². The average molecular weight is 326 g/mol. The smallest absolute Gasteiger partial charge is 0.338 e. The standard InChI is InChI=1S/C9H13F3N6O2S/c1-3-13-7(20)14-6(19)5(2)21-8-15-16-17-18(8)4-9(10,11)12/h5H,3-4H2,1-2H3,(H2,13,14,19,20)/t5-/m1/s1. The van der Waals surface area contributed by atoms with Crippen molar-refractivity contribution >= 4 is 23.7 Å². The lowest BCUT2D eigenvalue weighted by Crippen LogP contribution is -2.42. The first-order chi connectivity index (χ1) is 9.73. The maximum Gasteiger partial charge on any atom is 0.408 e. The Hall–Kier alpha value is -1.85. The SMILES string of the molecule is CCNC(=O)NC(=O)[C@@H](C)Sc1nnnn1CC(F)(F)F. The first-order valence-electron chi connectivity index (χ1n) is 5.81. The molecule has 3 amide bonds. The molecule has 0 unspecified atom stereocenters. The average Bonchev–Trinajstić information content (AvgIpc) is 2.74. The lowest BCUT2D eigenvalue weighted by Gasteiger charge is -2.11. The number of nitrogens with one attached hydrogen (secondary N) is 2. The number of hydrogen-bond acceptors (Lipinski definition) is 6. The van der Waals surface area contributed by atoms with Crippen LogP contribution in [0.25, 0.3) is 0 Å². The Balaban J connectivity index is 2.63. The van der Waals surface area contributed by atoms with E-state index >= 15 is 0 Å². The molecular weight excluding hydrogens is 313 g/mol. The predicted octanol–water partition coefficient (Wildman–Crippen LogP) is 0.562. The fourth-order valence-corrected chi connectivity index (χ4v) is 1.97. The van der Waals surface area contributed by atoms with E-state index in [9.17, 15) is 22.8 Å². The molecular formula is C9H13F3N6O2S. The monoisotopic (exact) mass is 326 g/mol. The molecule has 12 heteroatoms. The van der Waals surface area contributed by atoms with Crippen LogP contribution in [0, 0.1) is 0 Å². The second-order valence-corrected chi connectivity index (χ2v) is 5.15. The summed E-state index contributed by atoms with van der Waals surface area (Å²) in [5.41, 5.74) is 0.